The van der Waals surface area contributed by atoms with E-state index >= 15 is 0 Å². The van der Waals surface area contributed by atoms with E-state index in [-0.39, 0.29) is 12.8 Å². The summed E-state index contributed by atoms with van der Waals surface area (Å²) in [6.45, 7) is 3.30. The molecule has 0 aromatic carbocycles. The molecule has 1 aliphatic carbocycles. The van der Waals surface area contributed by atoms with Crippen molar-refractivity contribution in [1.29, 1.82) is 0 Å². The zero-order valence-corrected chi connectivity index (χ0v) is 11.5. The maximum absolute atomic E-state index is 13.6. The van der Waals surface area contributed by atoms with Crippen molar-refractivity contribution in [3.63, 3.8) is 0 Å². The fraction of sp³-hybridized carbons (Fsp3) is 1.00. The molecule has 2 fully saturated rings. The standard InChI is InChI=1S/C12H16F6O3/c1-3-5-7-19-8(6-4-2)21-12(20-7)10(15,16)9(13,14)11(12,17)18/h7-8H,3-6H2,1-2H3. The fourth-order valence-corrected chi connectivity index (χ4v) is 2.39. The Morgan fingerprint density at radius 1 is 0.714 bits per heavy atom. The van der Waals surface area contributed by atoms with Crippen LogP contribution in [0.2, 0.25) is 0 Å². The first-order valence-electron chi connectivity index (χ1n) is 6.72. The van der Waals surface area contributed by atoms with Crippen molar-refractivity contribution < 1.29 is 40.6 Å². The average Bonchev–Trinajstić information content (AvgIpc) is 2.37. The molecule has 2 aliphatic rings. The third-order valence-corrected chi connectivity index (χ3v) is 3.56. The highest BCUT2D eigenvalue weighted by Crippen LogP contribution is 2.70. The molecule has 3 nitrogen and oxygen atoms in total. The van der Waals surface area contributed by atoms with Crippen LogP contribution in [0.1, 0.15) is 39.5 Å². The minimum atomic E-state index is -5.52. The number of ether oxygens (including phenoxy) is 3. The van der Waals surface area contributed by atoms with E-state index in [1.54, 1.807) is 13.8 Å². The van der Waals surface area contributed by atoms with Crippen molar-refractivity contribution in [2.24, 2.45) is 0 Å². The molecule has 0 aromatic rings. The lowest BCUT2D eigenvalue weighted by Gasteiger charge is -2.60. The van der Waals surface area contributed by atoms with Gasteiger partial charge in [-0.2, -0.15) is 26.3 Å². The zero-order chi connectivity index (χ0) is 16.1. The van der Waals surface area contributed by atoms with Crippen LogP contribution < -0.4 is 0 Å². The molecule has 21 heavy (non-hydrogen) atoms. The molecule has 1 saturated heterocycles. The second kappa shape index (κ2) is 4.99. The van der Waals surface area contributed by atoms with Gasteiger partial charge in [0, 0.05) is 0 Å². The number of alkyl halides is 6. The van der Waals surface area contributed by atoms with E-state index in [9.17, 15) is 26.3 Å². The monoisotopic (exact) mass is 322 g/mol. The van der Waals surface area contributed by atoms with Crippen LogP contribution in [-0.2, 0) is 14.2 Å². The van der Waals surface area contributed by atoms with Crippen LogP contribution in [0.4, 0.5) is 26.3 Å². The highest BCUT2D eigenvalue weighted by Gasteiger charge is 3.02. The molecule has 124 valence electrons. The van der Waals surface area contributed by atoms with Gasteiger partial charge in [-0.15, -0.1) is 0 Å². The van der Waals surface area contributed by atoms with Gasteiger partial charge < -0.3 is 14.2 Å². The Labute approximate surface area is 117 Å². The van der Waals surface area contributed by atoms with Crippen LogP contribution in [-0.4, -0.2) is 36.1 Å². The largest absolute Gasteiger partial charge is 0.383 e. The molecule has 1 heterocycles. The highest BCUT2D eigenvalue weighted by molar-refractivity contribution is 5.24. The number of halogens is 6. The predicted molar refractivity (Wildman–Crippen MR) is 58.2 cm³/mol. The van der Waals surface area contributed by atoms with Gasteiger partial charge in [-0.1, -0.05) is 26.7 Å². The van der Waals surface area contributed by atoms with Crippen LogP contribution in [0, 0.1) is 0 Å². The van der Waals surface area contributed by atoms with Crippen molar-refractivity contribution in [2.45, 2.75) is 75.7 Å². The molecule has 1 spiro atoms. The Hall–Kier alpha value is -0.540. The van der Waals surface area contributed by atoms with Gasteiger partial charge in [0.15, 0.2) is 12.6 Å². The SMILES string of the molecule is CCCC1OC(CCC)OC2(O1)C(F)(F)C(F)(F)C2(F)F. The van der Waals surface area contributed by atoms with Crippen molar-refractivity contribution in [3.8, 4) is 0 Å². The van der Waals surface area contributed by atoms with E-state index in [1.165, 1.54) is 0 Å². The minimum absolute atomic E-state index is 0.0169. The summed E-state index contributed by atoms with van der Waals surface area (Å²) in [5.41, 5.74) is 0. The van der Waals surface area contributed by atoms with Crippen LogP contribution >= 0.6 is 0 Å². The third-order valence-electron chi connectivity index (χ3n) is 3.56. The Kier molecular flexibility index (Phi) is 4.00. The Morgan fingerprint density at radius 3 is 1.43 bits per heavy atom. The summed E-state index contributed by atoms with van der Waals surface area (Å²) < 4.78 is 94.7. The molecule has 0 radical (unpaired) electrons. The van der Waals surface area contributed by atoms with Crippen LogP contribution in [0.15, 0.2) is 0 Å². The molecule has 0 bridgehead atoms. The Bertz CT molecular complexity index is 366. The van der Waals surface area contributed by atoms with Gasteiger partial charge in [-0.25, -0.2) is 0 Å². The Morgan fingerprint density at radius 2 is 1.10 bits per heavy atom. The van der Waals surface area contributed by atoms with Gasteiger partial charge in [0.2, 0.25) is 0 Å². The summed E-state index contributed by atoms with van der Waals surface area (Å²) in [6.07, 6.45) is -2.08. The molecular weight excluding hydrogens is 306 g/mol. The highest BCUT2D eigenvalue weighted by atomic mass is 19.4. The maximum Gasteiger partial charge on any atom is 0.383 e. The summed E-state index contributed by atoms with van der Waals surface area (Å²) in [4.78, 5) is 0. The summed E-state index contributed by atoms with van der Waals surface area (Å²) >= 11 is 0. The van der Waals surface area contributed by atoms with Gasteiger partial charge in [-0.05, 0) is 12.8 Å². The smallest absolute Gasteiger partial charge is 0.324 e. The molecule has 1 saturated carbocycles. The van der Waals surface area contributed by atoms with Gasteiger partial charge in [0.05, 0.1) is 0 Å². The predicted octanol–water partition coefficient (Wildman–Crippen LogP) is 3.92. The number of hydrogen-bond donors (Lipinski definition) is 0. The summed E-state index contributed by atoms with van der Waals surface area (Å²) in [7, 11) is 0. The molecule has 1 aliphatic heterocycles. The molecule has 2 rings (SSSR count). The molecule has 2 atom stereocenters. The minimum Gasteiger partial charge on any atom is -0.324 e. The number of hydrogen-bond acceptors (Lipinski definition) is 3. The first-order valence-corrected chi connectivity index (χ1v) is 6.72. The van der Waals surface area contributed by atoms with Crippen LogP contribution in [0.3, 0.4) is 0 Å². The molecule has 0 aromatic heterocycles. The first-order chi connectivity index (χ1) is 9.57. The van der Waals surface area contributed by atoms with Gasteiger partial charge in [0.1, 0.15) is 0 Å². The zero-order valence-electron chi connectivity index (χ0n) is 11.5. The third kappa shape index (κ3) is 1.93. The first kappa shape index (κ1) is 16.8. The average molecular weight is 322 g/mol. The van der Waals surface area contributed by atoms with Crippen LogP contribution in [0.25, 0.3) is 0 Å². The molecule has 2 unspecified atom stereocenters. The second-order valence-corrected chi connectivity index (χ2v) is 5.15. The summed E-state index contributed by atoms with van der Waals surface area (Å²) in [6, 6.07) is 0. The molecule has 9 heteroatoms. The Balaban J connectivity index is 2.35. The number of rotatable bonds is 4. The molecule has 0 N–H and O–H groups in total. The fourth-order valence-electron chi connectivity index (χ4n) is 2.39. The van der Waals surface area contributed by atoms with Crippen molar-refractivity contribution in [1.82, 2.24) is 0 Å². The summed E-state index contributed by atoms with van der Waals surface area (Å²) in [5.74, 6) is -19.8. The maximum atomic E-state index is 13.6. The van der Waals surface area contributed by atoms with E-state index in [4.69, 9.17) is 4.74 Å². The molecular formula is C12H16F6O3. The summed E-state index contributed by atoms with van der Waals surface area (Å²) in [5, 5.41) is 0. The van der Waals surface area contributed by atoms with Crippen molar-refractivity contribution in [3.05, 3.63) is 0 Å². The van der Waals surface area contributed by atoms with E-state index in [1.807, 2.05) is 0 Å². The van der Waals surface area contributed by atoms with Crippen LogP contribution in [0.5, 0.6) is 0 Å². The van der Waals surface area contributed by atoms with E-state index in [2.05, 4.69) is 9.47 Å². The van der Waals surface area contributed by atoms with Crippen molar-refractivity contribution >= 4 is 0 Å². The molecule has 0 amide bonds. The van der Waals surface area contributed by atoms with Crippen molar-refractivity contribution in [2.75, 3.05) is 0 Å². The normalized spacial score (nSPS) is 35.4. The second-order valence-electron chi connectivity index (χ2n) is 5.15. The van der Waals surface area contributed by atoms with E-state index < -0.39 is 36.1 Å². The van der Waals surface area contributed by atoms with E-state index in [0.29, 0.717) is 12.8 Å². The van der Waals surface area contributed by atoms with Gasteiger partial charge in [0.25, 0.3) is 0 Å². The topological polar surface area (TPSA) is 27.7 Å². The lowest BCUT2D eigenvalue weighted by Crippen LogP contribution is -2.89. The van der Waals surface area contributed by atoms with Gasteiger partial charge in [-0.3, -0.25) is 0 Å². The van der Waals surface area contributed by atoms with E-state index in [0.717, 1.165) is 0 Å². The van der Waals surface area contributed by atoms with Gasteiger partial charge >= 0.3 is 23.6 Å². The quantitative estimate of drug-likeness (QED) is 0.734. The lowest BCUT2D eigenvalue weighted by atomic mass is 9.76. The lowest BCUT2D eigenvalue weighted by molar-refractivity contribution is -0.609.